The van der Waals surface area contributed by atoms with Crippen molar-refractivity contribution in [2.45, 2.75) is 6.42 Å². The van der Waals surface area contributed by atoms with E-state index in [4.69, 9.17) is 0 Å². The number of imidazole rings is 1. The van der Waals surface area contributed by atoms with Crippen molar-refractivity contribution in [3.8, 4) is 11.3 Å². The minimum atomic E-state index is -0.853. The van der Waals surface area contributed by atoms with Crippen LogP contribution in [-0.4, -0.2) is 23.6 Å². The predicted molar refractivity (Wildman–Crippen MR) is 61.6 cm³/mol. The third-order valence-corrected chi connectivity index (χ3v) is 2.47. The van der Waals surface area contributed by atoms with Gasteiger partial charge in [-0.25, -0.2) is 13.8 Å². The topological polar surface area (TPSA) is 40.7 Å². The Labute approximate surface area is 97.9 Å². The van der Waals surface area contributed by atoms with E-state index in [9.17, 15) is 8.78 Å². The monoisotopic (exact) mass is 237 g/mol. The first-order valence-corrected chi connectivity index (χ1v) is 5.34. The van der Waals surface area contributed by atoms with Crippen LogP contribution in [0.2, 0.25) is 0 Å². The molecule has 0 aliphatic rings. The summed E-state index contributed by atoms with van der Waals surface area (Å²) in [5, 5.41) is 3.01. The maximum absolute atomic E-state index is 13.1. The van der Waals surface area contributed by atoms with Crippen molar-refractivity contribution >= 4 is 0 Å². The van der Waals surface area contributed by atoms with E-state index in [0.717, 1.165) is 30.9 Å². The Balaban J connectivity index is 2.21. The average Bonchev–Trinajstić information content (AvgIpc) is 2.79. The molecule has 0 aliphatic heterocycles. The number of hydrogen-bond donors (Lipinski definition) is 2. The summed E-state index contributed by atoms with van der Waals surface area (Å²) < 4.78 is 25.8. The molecule has 1 aromatic carbocycles. The summed E-state index contributed by atoms with van der Waals surface area (Å²) in [6, 6.07) is 3.79. The largest absolute Gasteiger partial charge is 0.342 e. The number of nitrogens with one attached hydrogen (secondary N) is 2. The van der Waals surface area contributed by atoms with Crippen LogP contribution in [-0.2, 0) is 6.42 Å². The van der Waals surface area contributed by atoms with Gasteiger partial charge in [-0.15, -0.1) is 0 Å². The van der Waals surface area contributed by atoms with Crippen molar-refractivity contribution in [1.82, 2.24) is 15.3 Å². The second kappa shape index (κ2) is 5.05. The molecule has 0 bridgehead atoms. The van der Waals surface area contributed by atoms with Crippen LogP contribution in [0.15, 0.2) is 24.4 Å². The second-order valence-corrected chi connectivity index (χ2v) is 3.73. The van der Waals surface area contributed by atoms with Crippen LogP contribution in [0.3, 0.4) is 0 Å². The Kier molecular flexibility index (Phi) is 3.49. The van der Waals surface area contributed by atoms with Crippen LogP contribution < -0.4 is 5.32 Å². The molecule has 0 radical (unpaired) electrons. The standard InChI is InChI=1S/C12H13F2N3/c1-15-5-4-12-16-7-11(17-12)8-2-3-9(13)10(14)6-8/h2-3,6-7,15H,4-5H2,1H3,(H,16,17). The molecule has 1 heterocycles. The fraction of sp³-hybridized carbons (Fsp3) is 0.250. The van der Waals surface area contributed by atoms with Gasteiger partial charge in [-0.1, -0.05) is 0 Å². The highest BCUT2D eigenvalue weighted by Crippen LogP contribution is 2.19. The fourth-order valence-corrected chi connectivity index (χ4v) is 1.54. The van der Waals surface area contributed by atoms with Gasteiger partial charge in [0, 0.05) is 18.5 Å². The molecule has 5 heteroatoms. The lowest BCUT2D eigenvalue weighted by molar-refractivity contribution is 0.509. The lowest BCUT2D eigenvalue weighted by Crippen LogP contribution is -2.10. The Bertz CT molecular complexity index is 508. The molecule has 0 unspecified atom stereocenters. The van der Waals surface area contributed by atoms with E-state index in [0.29, 0.717) is 11.3 Å². The van der Waals surface area contributed by atoms with Crippen molar-refractivity contribution < 1.29 is 8.78 Å². The minimum Gasteiger partial charge on any atom is -0.342 e. The number of likely N-dealkylation sites (N-methyl/N-ethyl adjacent to an activating group) is 1. The maximum Gasteiger partial charge on any atom is 0.159 e. The highest BCUT2D eigenvalue weighted by Gasteiger charge is 2.07. The normalized spacial score (nSPS) is 10.8. The van der Waals surface area contributed by atoms with Gasteiger partial charge in [-0.05, 0) is 25.2 Å². The molecule has 0 saturated heterocycles. The zero-order valence-corrected chi connectivity index (χ0v) is 9.43. The summed E-state index contributed by atoms with van der Waals surface area (Å²) in [6.07, 6.45) is 2.39. The van der Waals surface area contributed by atoms with Crippen molar-refractivity contribution in [1.29, 1.82) is 0 Å². The van der Waals surface area contributed by atoms with Gasteiger partial charge in [0.2, 0.25) is 0 Å². The zero-order chi connectivity index (χ0) is 12.3. The smallest absolute Gasteiger partial charge is 0.159 e. The fourth-order valence-electron chi connectivity index (χ4n) is 1.54. The van der Waals surface area contributed by atoms with Gasteiger partial charge < -0.3 is 10.3 Å². The molecule has 0 amide bonds. The number of nitrogens with zero attached hydrogens (tertiary/aromatic N) is 1. The summed E-state index contributed by atoms with van der Waals surface area (Å²) in [6.45, 7) is 0.810. The molecule has 0 fully saturated rings. The molecule has 2 rings (SSSR count). The van der Waals surface area contributed by atoms with Crippen LogP contribution in [0.25, 0.3) is 11.3 Å². The molecular weight excluding hydrogens is 224 g/mol. The summed E-state index contributed by atoms with van der Waals surface area (Å²) in [7, 11) is 1.86. The Morgan fingerprint density at radius 1 is 1.29 bits per heavy atom. The molecule has 2 aromatic rings. The van der Waals surface area contributed by atoms with Gasteiger partial charge in [0.15, 0.2) is 11.6 Å². The van der Waals surface area contributed by atoms with Gasteiger partial charge in [0.1, 0.15) is 5.82 Å². The molecule has 2 N–H and O–H groups in total. The average molecular weight is 237 g/mol. The number of halogens is 2. The summed E-state index contributed by atoms with van der Waals surface area (Å²) >= 11 is 0. The van der Waals surface area contributed by atoms with E-state index in [-0.39, 0.29) is 0 Å². The Hall–Kier alpha value is -1.75. The third kappa shape index (κ3) is 2.68. The molecule has 90 valence electrons. The highest BCUT2D eigenvalue weighted by molar-refractivity contribution is 5.58. The summed E-state index contributed by atoms with van der Waals surface area (Å²) in [4.78, 5) is 7.24. The van der Waals surface area contributed by atoms with E-state index in [2.05, 4.69) is 15.3 Å². The molecule has 0 aliphatic carbocycles. The van der Waals surface area contributed by atoms with E-state index in [1.54, 1.807) is 6.20 Å². The third-order valence-electron chi connectivity index (χ3n) is 2.47. The van der Waals surface area contributed by atoms with Crippen molar-refractivity contribution in [3.63, 3.8) is 0 Å². The highest BCUT2D eigenvalue weighted by atomic mass is 19.2. The molecule has 1 aromatic heterocycles. The number of H-pyrrole nitrogens is 1. The van der Waals surface area contributed by atoms with Gasteiger partial charge >= 0.3 is 0 Å². The van der Waals surface area contributed by atoms with E-state index >= 15 is 0 Å². The van der Waals surface area contributed by atoms with Crippen molar-refractivity contribution in [2.75, 3.05) is 13.6 Å². The van der Waals surface area contributed by atoms with Crippen molar-refractivity contribution in [2.24, 2.45) is 0 Å². The van der Waals surface area contributed by atoms with E-state index in [1.807, 2.05) is 7.05 Å². The SMILES string of the molecule is CNCCc1ncc(-c2ccc(F)c(F)c2)[nH]1. The summed E-state index contributed by atoms with van der Waals surface area (Å²) in [5.41, 5.74) is 1.28. The molecular formula is C12H13F2N3. The van der Waals surface area contributed by atoms with Gasteiger partial charge in [0.05, 0.1) is 11.9 Å². The second-order valence-electron chi connectivity index (χ2n) is 3.73. The number of rotatable bonds is 4. The van der Waals surface area contributed by atoms with Crippen LogP contribution in [0.5, 0.6) is 0 Å². The van der Waals surface area contributed by atoms with Gasteiger partial charge in [0.25, 0.3) is 0 Å². The van der Waals surface area contributed by atoms with Crippen LogP contribution in [0.4, 0.5) is 8.78 Å². The number of aromatic nitrogens is 2. The Morgan fingerprint density at radius 2 is 2.12 bits per heavy atom. The molecule has 17 heavy (non-hydrogen) atoms. The molecule has 3 nitrogen and oxygen atoms in total. The molecule has 0 spiro atoms. The maximum atomic E-state index is 13.1. The van der Waals surface area contributed by atoms with Gasteiger partial charge in [-0.2, -0.15) is 0 Å². The zero-order valence-electron chi connectivity index (χ0n) is 9.43. The first kappa shape index (κ1) is 11.7. The van der Waals surface area contributed by atoms with Gasteiger partial charge in [-0.3, -0.25) is 0 Å². The first-order valence-electron chi connectivity index (χ1n) is 5.34. The van der Waals surface area contributed by atoms with Crippen LogP contribution >= 0.6 is 0 Å². The number of benzene rings is 1. The van der Waals surface area contributed by atoms with Crippen molar-refractivity contribution in [3.05, 3.63) is 41.9 Å². The lowest BCUT2D eigenvalue weighted by atomic mass is 10.1. The summed E-state index contributed by atoms with van der Waals surface area (Å²) in [5.74, 6) is -0.878. The number of aromatic amines is 1. The number of hydrogen-bond acceptors (Lipinski definition) is 2. The van der Waals surface area contributed by atoms with E-state index in [1.165, 1.54) is 6.07 Å². The molecule has 0 saturated carbocycles. The first-order chi connectivity index (χ1) is 8.20. The van der Waals surface area contributed by atoms with E-state index < -0.39 is 11.6 Å². The lowest BCUT2D eigenvalue weighted by Gasteiger charge is -1.99. The quantitative estimate of drug-likeness (QED) is 0.855. The molecule has 0 atom stereocenters. The van der Waals surface area contributed by atoms with Crippen LogP contribution in [0.1, 0.15) is 5.82 Å². The Morgan fingerprint density at radius 3 is 2.82 bits per heavy atom. The van der Waals surface area contributed by atoms with Crippen LogP contribution in [0, 0.1) is 11.6 Å². The minimum absolute atomic E-state index is 0.590. The predicted octanol–water partition coefficient (Wildman–Crippen LogP) is 2.12.